The smallest absolute Gasteiger partial charge is 0.302 e. The largest absolute Gasteiger partial charge is 0.624 e. The Hall–Kier alpha value is -1.36. The second-order valence-corrected chi connectivity index (χ2v) is 3.89. The normalized spacial score (nSPS) is 13.8. The molecule has 0 N–H and O–H groups in total. The minimum Gasteiger partial charge on any atom is -0.624 e. The van der Waals surface area contributed by atoms with Crippen LogP contribution in [-0.4, -0.2) is 43.3 Å². The molecular formula is C13H23NO4. The van der Waals surface area contributed by atoms with Gasteiger partial charge in [-0.05, 0) is 13.3 Å². The van der Waals surface area contributed by atoms with Crippen molar-refractivity contribution in [1.82, 2.24) is 0 Å². The summed E-state index contributed by atoms with van der Waals surface area (Å²) in [7, 11) is 1.63. The Kier molecular flexibility index (Phi) is 9.96. The number of carbonyl (C=O) groups is 1. The summed E-state index contributed by atoms with van der Waals surface area (Å²) in [6.45, 7) is 4.05. The summed E-state index contributed by atoms with van der Waals surface area (Å²) in [5, 5.41) is 11.4. The zero-order valence-corrected chi connectivity index (χ0v) is 11.4. The lowest BCUT2D eigenvalue weighted by Gasteiger charge is -2.10. The average molecular weight is 257 g/mol. The van der Waals surface area contributed by atoms with Gasteiger partial charge in [0.25, 0.3) is 0 Å². The molecule has 5 heteroatoms. The SMILES string of the molecule is C/C=C/C(CC/[N+]([O-])=C/CCCOC(C)=O)OC. The first-order valence-corrected chi connectivity index (χ1v) is 6.16. The molecular weight excluding hydrogens is 234 g/mol. The third-order valence-corrected chi connectivity index (χ3v) is 2.33. The van der Waals surface area contributed by atoms with Crippen molar-refractivity contribution in [2.75, 3.05) is 20.3 Å². The molecule has 0 rings (SSSR count). The number of carbonyl (C=O) groups excluding carboxylic acids is 1. The van der Waals surface area contributed by atoms with E-state index in [1.807, 2.05) is 19.1 Å². The summed E-state index contributed by atoms with van der Waals surface area (Å²) < 4.78 is 10.9. The van der Waals surface area contributed by atoms with E-state index in [1.54, 1.807) is 13.3 Å². The Bertz CT molecular complexity index is 287. The van der Waals surface area contributed by atoms with Crippen molar-refractivity contribution in [3.8, 4) is 0 Å². The quantitative estimate of drug-likeness (QED) is 0.120. The highest BCUT2D eigenvalue weighted by molar-refractivity contribution is 5.65. The van der Waals surface area contributed by atoms with Gasteiger partial charge in [-0.3, -0.25) is 4.79 Å². The Balaban J connectivity index is 3.73. The van der Waals surface area contributed by atoms with Gasteiger partial charge in [0.1, 0.15) is 0 Å². The number of nitrogens with zero attached hydrogens (tertiary/aromatic N) is 1. The molecule has 0 aliphatic rings. The standard InChI is InChI=1S/C13H23NO4/c1-4-7-13(17-3)8-10-14(16)9-5-6-11-18-12(2)15/h4,7,9,13H,5-6,8,10-11H2,1-3H3/b7-4+,14-9-. The molecule has 0 bridgehead atoms. The molecule has 0 saturated heterocycles. The van der Waals surface area contributed by atoms with Gasteiger partial charge in [0, 0.05) is 26.9 Å². The highest BCUT2D eigenvalue weighted by Crippen LogP contribution is 1.99. The molecule has 0 aliphatic carbocycles. The van der Waals surface area contributed by atoms with E-state index in [0.717, 1.165) is 4.74 Å². The summed E-state index contributed by atoms with van der Waals surface area (Å²) >= 11 is 0. The van der Waals surface area contributed by atoms with Crippen molar-refractivity contribution < 1.29 is 19.0 Å². The van der Waals surface area contributed by atoms with E-state index in [0.29, 0.717) is 32.4 Å². The fourth-order valence-corrected chi connectivity index (χ4v) is 1.39. The van der Waals surface area contributed by atoms with Crippen molar-refractivity contribution in [3.05, 3.63) is 17.4 Å². The third-order valence-electron chi connectivity index (χ3n) is 2.33. The Labute approximate surface area is 109 Å². The first-order valence-electron chi connectivity index (χ1n) is 6.16. The molecule has 5 nitrogen and oxygen atoms in total. The van der Waals surface area contributed by atoms with Crippen LogP contribution in [0.25, 0.3) is 0 Å². The number of methoxy groups -OCH3 is 1. The maximum atomic E-state index is 11.4. The molecule has 0 amide bonds. The van der Waals surface area contributed by atoms with Crippen molar-refractivity contribution in [1.29, 1.82) is 0 Å². The number of hydroxylamine groups is 1. The Morgan fingerprint density at radius 2 is 2.22 bits per heavy atom. The number of rotatable bonds is 9. The predicted molar refractivity (Wildman–Crippen MR) is 70.7 cm³/mol. The highest BCUT2D eigenvalue weighted by atomic mass is 16.5. The van der Waals surface area contributed by atoms with Crippen molar-refractivity contribution in [2.45, 2.75) is 39.2 Å². The molecule has 0 saturated carbocycles. The van der Waals surface area contributed by atoms with Gasteiger partial charge in [0.05, 0.1) is 12.7 Å². The van der Waals surface area contributed by atoms with Gasteiger partial charge in [-0.1, -0.05) is 12.2 Å². The van der Waals surface area contributed by atoms with Gasteiger partial charge in [0.2, 0.25) is 0 Å². The number of esters is 1. The van der Waals surface area contributed by atoms with Crippen LogP contribution >= 0.6 is 0 Å². The first kappa shape index (κ1) is 16.6. The number of hydrogen-bond acceptors (Lipinski definition) is 4. The third kappa shape index (κ3) is 9.84. The molecule has 1 unspecified atom stereocenters. The molecule has 0 radical (unpaired) electrons. The van der Waals surface area contributed by atoms with E-state index in [4.69, 9.17) is 9.47 Å². The lowest BCUT2D eigenvalue weighted by molar-refractivity contribution is -0.456. The molecule has 0 heterocycles. The molecule has 0 aliphatic heterocycles. The van der Waals surface area contributed by atoms with Crippen LogP contribution in [0, 0.1) is 5.21 Å². The van der Waals surface area contributed by atoms with Gasteiger partial charge in [-0.2, -0.15) is 0 Å². The molecule has 0 aromatic heterocycles. The monoisotopic (exact) mass is 257 g/mol. The second-order valence-electron chi connectivity index (χ2n) is 3.89. The van der Waals surface area contributed by atoms with Gasteiger partial charge >= 0.3 is 5.97 Å². The molecule has 18 heavy (non-hydrogen) atoms. The molecule has 0 spiro atoms. The van der Waals surface area contributed by atoms with Crippen LogP contribution in [0.15, 0.2) is 12.2 Å². The van der Waals surface area contributed by atoms with Crippen molar-refractivity contribution in [3.63, 3.8) is 0 Å². The van der Waals surface area contributed by atoms with Crippen LogP contribution < -0.4 is 0 Å². The maximum absolute atomic E-state index is 11.4. The number of ether oxygens (including phenoxy) is 2. The van der Waals surface area contributed by atoms with Gasteiger partial charge in [-0.15, -0.1) is 0 Å². The summed E-state index contributed by atoms with van der Waals surface area (Å²) in [4.78, 5) is 10.5. The van der Waals surface area contributed by atoms with Crippen molar-refractivity contribution >= 4 is 12.2 Å². The summed E-state index contributed by atoms with van der Waals surface area (Å²) in [6.07, 6.45) is 7.33. The molecule has 0 aromatic carbocycles. The van der Waals surface area contributed by atoms with Gasteiger partial charge < -0.3 is 14.7 Å². The first-order chi connectivity index (χ1) is 8.60. The van der Waals surface area contributed by atoms with E-state index in [2.05, 4.69) is 0 Å². The van der Waals surface area contributed by atoms with Crippen molar-refractivity contribution in [2.24, 2.45) is 0 Å². The fraction of sp³-hybridized carbons (Fsp3) is 0.692. The van der Waals surface area contributed by atoms with E-state index in [1.165, 1.54) is 6.92 Å². The van der Waals surface area contributed by atoms with E-state index in [9.17, 15) is 10.0 Å². The zero-order chi connectivity index (χ0) is 13.8. The van der Waals surface area contributed by atoms with Crippen LogP contribution in [0.1, 0.15) is 33.1 Å². The van der Waals surface area contributed by atoms with E-state index < -0.39 is 0 Å². The minimum atomic E-state index is -0.289. The minimum absolute atomic E-state index is 0.0131. The van der Waals surface area contributed by atoms with Crippen LogP contribution in [0.3, 0.4) is 0 Å². The Morgan fingerprint density at radius 3 is 2.78 bits per heavy atom. The fourth-order valence-electron chi connectivity index (χ4n) is 1.39. The van der Waals surface area contributed by atoms with Crippen LogP contribution in [0.4, 0.5) is 0 Å². The predicted octanol–water partition coefficient (Wildman–Crippen LogP) is 1.89. The number of hydrogen-bond donors (Lipinski definition) is 0. The molecule has 0 aromatic rings. The lowest BCUT2D eigenvalue weighted by atomic mass is 10.2. The zero-order valence-electron chi connectivity index (χ0n) is 11.4. The van der Waals surface area contributed by atoms with E-state index in [-0.39, 0.29) is 12.1 Å². The molecule has 0 fully saturated rings. The summed E-state index contributed by atoms with van der Waals surface area (Å²) in [5.41, 5.74) is 0. The summed E-state index contributed by atoms with van der Waals surface area (Å²) in [6, 6.07) is 0. The molecule has 1 atom stereocenters. The lowest BCUT2D eigenvalue weighted by Crippen LogP contribution is -2.16. The second kappa shape index (κ2) is 10.8. The topological polar surface area (TPSA) is 61.6 Å². The highest BCUT2D eigenvalue weighted by Gasteiger charge is 2.04. The van der Waals surface area contributed by atoms with Crippen LogP contribution in [-0.2, 0) is 14.3 Å². The van der Waals surface area contributed by atoms with E-state index >= 15 is 0 Å². The van der Waals surface area contributed by atoms with Gasteiger partial charge in [0.15, 0.2) is 12.8 Å². The maximum Gasteiger partial charge on any atom is 0.302 e. The van der Waals surface area contributed by atoms with Crippen LogP contribution in [0.2, 0.25) is 0 Å². The summed E-state index contributed by atoms with van der Waals surface area (Å²) in [5.74, 6) is -0.289. The van der Waals surface area contributed by atoms with Crippen LogP contribution in [0.5, 0.6) is 0 Å². The number of allylic oxidation sites excluding steroid dienone is 1. The number of unbranched alkanes of at least 4 members (excludes halogenated alkanes) is 1. The average Bonchev–Trinajstić information content (AvgIpc) is 2.33. The Morgan fingerprint density at radius 1 is 1.50 bits per heavy atom. The van der Waals surface area contributed by atoms with Gasteiger partial charge in [-0.25, -0.2) is 4.74 Å². The molecule has 104 valence electrons.